The van der Waals surface area contributed by atoms with E-state index >= 15 is 0 Å². The second kappa shape index (κ2) is 2.69. The van der Waals surface area contributed by atoms with Gasteiger partial charge in [0.15, 0.2) is 0 Å². The van der Waals surface area contributed by atoms with Crippen molar-refractivity contribution in [2.75, 3.05) is 0 Å². The summed E-state index contributed by atoms with van der Waals surface area (Å²) in [7, 11) is 1.68. The summed E-state index contributed by atoms with van der Waals surface area (Å²) < 4.78 is 2.22. The molecule has 0 spiro atoms. The fourth-order valence-electron chi connectivity index (χ4n) is 0.553. The van der Waals surface area contributed by atoms with Gasteiger partial charge < -0.3 is 0 Å². The van der Waals surface area contributed by atoms with Gasteiger partial charge in [0.1, 0.15) is 0 Å². The molecule has 1 heterocycles. The Hall–Kier alpha value is -0.390. The molecule has 0 atom stereocenters. The average molecular weight is 149 g/mol. The Morgan fingerprint density at radius 3 is 2.60 bits per heavy atom. The molecule has 1 rings (SSSR count). The summed E-state index contributed by atoms with van der Waals surface area (Å²) in [4.78, 5) is 14.0. The Morgan fingerprint density at radius 1 is 1.80 bits per heavy atom. The summed E-state index contributed by atoms with van der Waals surface area (Å²) >= 11 is 0.719. The topological polar surface area (TPSA) is 68.0 Å². The first-order valence-electron chi connectivity index (χ1n) is 2.72. The number of nitrogens with zero attached hydrogens (tertiary/aromatic N) is 3. The van der Waals surface area contributed by atoms with Crippen LogP contribution in [0.3, 0.4) is 0 Å². The predicted octanol–water partition coefficient (Wildman–Crippen LogP) is -1.69. The third-order valence-corrected chi connectivity index (χ3v) is 2.04. The van der Waals surface area contributed by atoms with Gasteiger partial charge in [-0.3, -0.25) is 0 Å². The van der Waals surface area contributed by atoms with Crippen molar-refractivity contribution < 1.29 is 9.90 Å². The molecule has 0 fully saturated rings. The molecule has 6 heteroatoms. The number of aromatic nitrogens is 3. The standard InChI is InChI=1S/C4H4N3O2.Na/c1-7-2-5-3(6-7)4(8)9;/h1H3,(H,8,9);. The van der Waals surface area contributed by atoms with Crippen molar-refractivity contribution in [1.82, 2.24) is 14.8 Å². The van der Waals surface area contributed by atoms with Gasteiger partial charge in [0.05, 0.1) is 0 Å². The van der Waals surface area contributed by atoms with E-state index in [1.807, 2.05) is 0 Å². The van der Waals surface area contributed by atoms with Crippen molar-refractivity contribution in [2.45, 2.75) is 0 Å². The Labute approximate surface area is 74.5 Å². The quantitative estimate of drug-likeness (QED) is 0.483. The van der Waals surface area contributed by atoms with Crippen LogP contribution in [-0.4, -0.2) is 53.8 Å². The van der Waals surface area contributed by atoms with Crippen LogP contribution in [0, 0.1) is 0 Å². The molecule has 1 aromatic heterocycles. The van der Waals surface area contributed by atoms with E-state index in [1.165, 1.54) is 4.68 Å². The number of carboxylic acid groups (broad SMARTS) is 1. The summed E-state index contributed by atoms with van der Waals surface area (Å²) in [5, 5.41) is 12.1. The predicted molar refractivity (Wildman–Crippen MR) is 33.4 cm³/mol. The van der Waals surface area contributed by atoms with Crippen LogP contribution in [0.4, 0.5) is 0 Å². The number of rotatable bonds is 1. The fourth-order valence-corrected chi connectivity index (χ4v) is 0.865. The minimum atomic E-state index is -1.07. The van der Waals surface area contributed by atoms with Crippen molar-refractivity contribution >= 4 is 37.0 Å². The number of carbonyl (C=O) groups is 1. The van der Waals surface area contributed by atoms with Crippen LogP contribution < -0.4 is 3.07 Å². The Balaban J connectivity index is 3.10. The van der Waals surface area contributed by atoms with Crippen LogP contribution in [0.2, 0.25) is 0 Å². The van der Waals surface area contributed by atoms with Gasteiger partial charge in [-0.1, -0.05) is 0 Å². The number of hydrogen-bond donors (Lipinski definition) is 1. The van der Waals surface area contributed by atoms with Gasteiger partial charge in [0.25, 0.3) is 0 Å². The van der Waals surface area contributed by atoms with Crippen LogP contribution >= 0.6 is 0 Å². The maximum atomic E-state index is 10.2. The molecule has 0 amide bonds. The number of hydrogen-bond acceptors (Lipinski definition) is 3. The van der Waals surface area contributed by atoms with Gasteiger partial charge in [-0.05, 0) is 0 Å². The van der Waals surface area contributed by atoms with E-state index in [1.54, 1.807) is 7.05 Å². The molecule has 1 aromatic rings. The molecule has 48 valence electrons. The second-order valence-corrected chi connectivity index (χ2v) is 2.81. The molecule has 0 aliphatic carbocycles. The van der Waals surface area contributed by atoms with Crippen molar-refractivity contribution in [3.8, 4) is 0 Å². The van der Waals surface area contributed by atoms with Crippen LogP contribution in [0.1, 0.15) is 10.6 Å². The average Bonchev–Trinajstić information content (AvgIpc) is 2.13. The van der Waals surface area contributed by atoms with Crippen molar-refractivity contribution in [1.29, 1.82) is 0 Å². The number of aryl methyl sites for hydroxylation is 1. The Bertz CT molecular complexity index is 250. The fraction of sp³-hybridized carbons (Fsp3) is 0.250. The van der Waals surface area contributed by atoms with E-state index in [0.717, 1.165) is 31.0 Å². The molecular weight excluding hydrogens is 145 g/mol. The van der Waals surface area contributed by atoms with Crippen LogP contribution in [-0.2, 0) is 7.05 Å². The molecule has 10 heavy (non-hydrogen) atoms. The van der Waals surface area contributed by atoms with Gasteiger partial charge in [0, 0.05) is 0 Å². The molecule has 0 saturated carbocycles. The van der Waals surface area contributed by atoms with E-state index in [2.05, 4.69) is 10.1 Å². The first-order chi connectivity index (χ1) is 4.61. The summed E-state index contributed by atoms with van der Waals surface area (Å²) in [6.45, 7) is 0. The van der Waals surface area contributed by atoms with Gasteiger partial charge >= 0.3 is 74.5 Å². The van der Waals surface area contributed by atoms with E-state index < -0.39 is 5.97 Å². The molecule has 5 nitrogen and oxygen atoms in total. The second-order valence-electron chi connectivity index (χ2n) is 1.91. The van der Waals surface area contributed by atoms with E-state index in [-0.39, 0.29) is 5.82 Å². The van der Waals surface area contributed by atoms with Gasteiger partial charge in [-0.25, -0.2) is 0 Å². The molecule has 1 N–H and O–H groups in total. The maximum absolute atomic E-state index is 10.2. The third kappa shape index (κ3) is 1.36. The van der Waals surface area contributed by atoms with Gasteiger partial charge in [-0.2, -0.15) is 0 Å². The molecular formula is C4H4N3NaO2. The normalized spacial score (nSPS) is 9.90. The van der Waals surface area contributed by atoms with Crippen LogP contribution in [0.25, 0.3) is 0 Å². The summed E-state index contributed by atoms with van der Waals surface area (Å²) in [6.07, 6.45) is 0. The molecule has 0 radical (unpaired) electrons. The SMILES string of the molecule is Cn1nc(C(=O)O)n[c]1[Na]. The molecule has 0 aliphatic heterocycles. The van der Waals surface area contributed by atoms with Crippen LogP contribution in [0.15, 0.2) is 0 Å². The molecule has 0 bridgehead atoms. The zero-order chi connectivity index (χ0) is 7.72. The van der Waals surface area contributed by atoms with Crippen molar-refractivity contribution in [2.24, 2.45) is 7.05 Å². The van der Waals surface area contributed by atoms with E-state index in [4.69, 9.17) is 5.11 Å². The first-order valence-corrected chi connectivity index (χ1v) is 3.72. The molecule has 0 saturated heterocycles. The van der Waals surface area contributed by atoms with E-state index in [0.29, 0.717) is 0 Å². The van der Waals surface area contributed by atoms with Gasteiger partial charge in [-0.15, -0.1) is 0 Å². The van der Waals surface area contributed by atoms with Crippen molar-refractivity contribution in [3.63, 3.8) is 0 Å². The minimum absolute atomic E-state index is 0.118. The molecule has 0 unspecified atom stereocenters. The number of carboxylic acids is 1. The Morgan fingerprint density at radius 2 is 2.40 bits per heavy atom. The van der Waals surface area contributed by atoms with Gasteiger partial charge in [0.2, 0.25) is 0 Å². The molecule has 0 aliphatic rings. The van der Waals surface area contributed by atoms with E-state index in [9.17, 15) is 4.79 Å². The number of aromatic carboxylic acids is 1. The van der Waals surface area contributed by atoms with Crippen molar-refractivity contribution in [3.05, 3.63) is 5.82 Å². The zero-order valence-corrected chi connectivity index (χ0v) is 7.70. The van der Waals surface area contributed by atoms with Crippen LogP contribution in [0.5, 0.6) is 0 Å². The Kier molecular flexibility index (Phi) is 2.08. The monoisotopic (exact) mass is 149 g/mol. The molecule has 0 aromatic carbocycles. The third-order valence-electron chi connectivity index (χ3n) is 1.17. The summed E-state index contributed by atoms with van der Waals surface area (Å²) in [6, 6.07) is 0. The first kappa shape index (κ1) is 7.71. The zero-order valence-electron chi connectivity index (χ0n) is 5.70. The summed E-state index contributed by atoms with van der Waals surface area (Å²) in [5.41, 5.74) is 0. The summed E-state index contributed by atoms with van der Waals surface area (Å²) in [5.74, 6) is -1.19.